The number of methoxy groups -OCH3 is 1. The summed E-state index contributed by atoms with van der Waals surface area (Å²) < 4.78 is 12.1. The van der Waals surface area contributed by atoms with Crippen molar-refractivity contribution in [2.24, 2.45) is 0 Å². The molecule has 0 unspecified atom stereocenters. The number of carbonyl (C=O) groups excluding carboxylic acids is 3. The van der Waals surface area contributed by atoms with Gasteiger partial charge >= 0.3 is 0 Å². The Balaban J connectivity index is 1.56. The number of carbonyl (C=O) groups is 3. The third-order valence-electron chi connectivity index (χ3n) is 7.78. The lowest BCUT2D eigenvalue weighted by molar-refractivity contribution is -0.149. The number of hydrogen-bond donors (Lipinski definition) is 2. The monoisotopic (exact) mass is 580 g/mol. The summed E-state index contributed by atoms with van der Waals surface area (Å²) in [7, 11) is 6.43. The average molecular weight is 581 g/mol. The van der Waals surface area contributed by atoms with Gasteiger partial charge in [0.2, 0.25) is 17.7 Å². The third kappa shape index (κ3) is 7.63. The molecular formula is C31H40N4O5S. The van der Waals surface area contributed by atoms with E-state index in [0.717, 1.165) is 40.6 Å². The minimum absolute atomic E-state index is 0.114. The minimum Gasteiger partial charge on any atom is -0.497 e. The number of amides is 3. The van der Waals surface area contributed by atoms with E-state index in [1.165, 1.54) is 9.80 Å². The van der Waals surface area contributed by atoms with Gasteiger partial charge in [-0.15, -0.1) is 11.3 Å². The number of benzene rings is 2. The van der Waals surface area contributed by atoms with Gasteiger partial charge in [-0.1, -0.05) is 30.3 Å². The van der Waals surface area contributed by atoms with Gasteiger partial charge in [0, 0.05) is 44.7 Å². The normalized spacial score (nSPS) is 16.2. The molecule has 10 heteroatoms. The highest BCUT2D eigenvalue weighted by molar-refractivity contribution is 7.17. The van der Waals surface area contributed by atoms with Crippen molar-refractivity contribution >= 4 is 39.1 Å². The van der Waals surface area contributed by atoms with Gasteiger partial charge in [0.25, 0.3) is 0 Å². The van der Waals surface area contributed by atoms with Crippen molar-refractivity contribution in [3.63, 3.8) is 0 Å². The minimum atomic E-state index is -0.818. The number of nitrogens with one attached hydrogen (secondary N) is 2. The smallest absolute Gasteiger partial charge is 0.249 e. The summed E-state index contributed by atoms with van der Waals surface area (Å²) in [6, 6.07) is 14.1. The predicted octanol–water partition coefficient (Wildman–Crippen LogP) is 2.86. The molecule has 0 aliphatic carbocycles. The first-order valence-electron chi connectivity index (χ1n) is 14.0. The van der Waals surface area contributed by atoms with Crippen molar-refractivity contribution in [3.05, 3.63) is 65.0 Å². The predicted molar refractivity (Wildman–Crippen MR) is 161 cm³/mol. The van der Waals surface area contributed by atoms with Crippen molar-refractivity contribution in [3.8, 4) is 5.75 Å². The van der Waals surface area contributed by atoms with Crippen LogP contribution in [-0.4, -0.2) is 93.7 Å². The van der Waals surface area contributed by atoms with Crippen molar-refractivity contribution < 1.29 is 23.9 Å². The van der Waals surface area contributed by atoms with Crippen LogP contribution in [0.15, 0.2) is 53.9 Å². The highest BCUT2D eigenvalue weighted by atomic mass is 32.1. The molecule has 9 nitrogen and oxygen atoms in total. The van der Waals surface area contributed by atoms with Crippen LogP contribution in [0.25, 0.3) is 10.1 Å². The summed E-state index contributed by atoms with van der Waals surface area (Å²) >= 11 is 1.61. The maximum Gasteiger partial charge on any atom is 0.249 e. The summed E-state index contributed by atoms with van der Waals surface area (Å²) in [5.74, 6) is -0.154. The molecule has 1 aromatic heterocycles. The van der Waals surface area contributed by atoms with E-state index >= 15 is 0 Å². The zero-order valence-corrected chi connectivity index (χ0v) is 25.0. The SMILES string of the molecule is CNC(=O)[C@@H](Cc1ccc(OC)cc1)N(C)C(=O)[C@@H](Cc1csc2ccccc12)N(C)C(=O)COC[C@@H]1CCCN1. The molecular weight excluding hydrogens is 540 g/mol. The summed E-state index contributed by atoms with van der Waals surface area (Å²) in [5, 5.41) is 9.16. The molecule has 2 aromatic carbocycles. The number of fused-ring (bicyclic) bond motifs is 1. The van der Waals surface area contributed by atoms with Gasteiger partial charge < -0.3 is 29.9 Å². The van der Waals surface area contributed by atoms with Crippen LogP contribution in [0.2, 0.25) is 0 Å². The largest absolute Gasteiger partial charge is 0.497 e. The van der Waals surface area contributed by atoms with Gasteiger partial charge in [-0.2, -0.15) is 0 Å². The first-order chi connectivity index (χ1) is 19.8. The first-order valence-corrected chi connectivity index (χ1v) is 14.8. The van der Waals surface area contributed by atoms with Gasteiger partial charge in [-0.05, 0) is 59.5 Å². The summed E-state index contributed by atoms with van der Waals surface area (Å²) in [6.45, 7) is 1.30. The molecule has 1 saturated heterocycles. The van der Waals surface area contributed by atoms with Crippen LogP contribution >= 0.6 is 11.3 Å². The van der Waals surface area contributed by atoms with Crippen molar-refractivity contribution in [2.75, 3.05) is 48.0 Å². The molecule has 220 valence electrons. The lowest BCUT2D eigenvalue weighted by Crippen LogP contribution is -2.56. The van der Waals surface area contributed by atoms with Crippen LogP contribution in [0.1, 0.15) is 24.0 Å². The summed E-state index contributed by atoms with van der Waals surface area (Å²) in [6.07, 6.45) is 2.76. The fraction of sp³-hybridized carbons (Fsp3) is 0.452. The maximum absolute atomic E-state index is 14.2. The van der Waals surface area contributed by atoms with Gasteiger partial charge in [0.05, 0.1) is 13.7 Å². The standard InChI is InChI=1S/C31H40N4O5S/c1-32-30(37)26(16-21-11-13-24(39-4)14-12-21)35(3)31(38)27(17-22-20-41-28-10-6-5-9-25(22)28)34(2)29(36)19-40-18-23-8-7-15-33-23/h5-6,9-14,20,23,26-27,33H,7-8,15-19H2,1-4H3,(H,32,37)/t23-,26+,27+/m0/s1. The topological polar surface area (TPSA) is 100 Å². The molecule has 4 rings (SSSR count). The molecule has 41 heavy (non-hydrogen) atoms. The lowest BCUT2D eigenvalue weighted by Gasteiger charge is -2.34. The molecule has 0 spiro atoms. The van der Waals surface area contributed by atoms with Crippen molar-refractivity contribution in [1.29, 1.82) is 0 Å². The second kappa shape index (κ2) is 14.4. The molecule has 1 aliphatic heterocycles. The van der Waals surface area contributed by atoms with Crippen LogP contribution in [0.4, 0.5) is 0 Å². The number of thiophene rings is 1. The Hall–Kier alpha value is -3.47. The van der Waals surface area contributed by atoms with Crippen molar-refractivity contribution in [1.82, 2.24) is 20.4 Å². The van der Waals surface area contributed by atoms with Crippen LogP contribution in [0, 0.1) is 0 Å². The molecule has 3 amide bonds. The number of nitrogens with zero attached hydrogens (tertiary/aromatic N) is 2. The fourth-order valence-corrected chi connectivity index (χ4v) is 6.17. The zero-order valence-electron chi connectivity index (χ0n) is 24.2. The van der Waals surface area contributed by atoms with Crippen molar-refractivity contribution in [2.45, 2.75) is 43.8 Å². The quantitative estimate of drug-likeness (QED) is 0.323. The maximum atomic E-state index is 14.2. The Morgan fingerprint density at radius 3 is 2.49 bits per heavy atom. The van der Waals surface area contributed by atoms with E-state index in [9.17, 15) is 14.4 Å². The summed E-state index contributed by atoms with van der Waals surface area (Å²) in [4.78, 5) is 43.5. The Morgan fingerprint density at radius 1 is 1.05 bits per heavy atom. The second-order valence-corrected chi connectivity index (χ2v) is 11.3. The fourth-order valence-electron chi connectivity index (χ4n) is 5.20. The third-order valence-corrected chi connectivity index (χ3v) is 8.79. The molecule has 0 saturated carbocycles. The van der Waals surface area contributed by atoms with Gasteiger partial charge in [-0.3, -0.25) is 14.4 Å². The highest BCUT2D eigenvalue weighted by Crippen LogP contribution is 2.28. The molecule has 3 aromatic rings. The Morgan fingerprint density at radius 2 is 1.80 bits per heavy atom. The number of rotatable bonds is 13. The van der Waals surface area contributed by atoms with Gasteiger partial charge in [-0.25, -0.2) is 0 Å². The number of ether oxygens (including phenoxy) is 2. The lowest BCUT2D eigenvalue weighted by atomic mass is 10.00. The Kier molecular flexibility index (Phi) is 10.7. The molecule has 3 atom stereocenters. The Labute approximate surface area is 245 Å². The van der Waals surface area contributed by atoms with E-state index in [2.05, 4.69) is 10.6 Å². The van der Waals surface area contributed by atoms with E-state index in [1.807, 2.05) is 53.9 Å². The Bertz CT molecular complexity index is 1320. The van der Waals surface area contributed by atoms with E-state index in [-0.39, 0.29) is 30.4 Å². The highest BCUT2D eigenvalue weighted by Gasteiger charge is 2.35. The molecule has 0 bridgehead atoms. The molecule has 1 fully saturated rings. The summed E-state index contributed by atoms with van der Waals surface area (Å²) in [5.41, 5.74) is 1.87. The van der Waals surface area contributed by atoms with Gasteiger partial charge in [0.1, 0.15) is 24.4 Å². The molecule has 2 N–H and O–H groups in total. The zero-order chi connectivity index (χ0) is 29.4. The molecule has 0 radical (unpaired) electrons. The van der Waals surface area contributed by atoms with E-state index < -0.39 is 12.1 Å². The second-order valence-electron chi connectivity index (χ2n) is 10.4. The van der Waals surface area contributed by atoms with E-state index in [1.54, 1.807) is 39.6 Å². The van der Waals surface area contributed by atoms with Gasteiger partial charge in [0.15, 0.2) is 0 Å². The van der Waals surface area contributed by atoms with Crippen LogP contribution in [0.3, 0.4) is 0 Å². The van der Waals surface area contributed by atoms with E-state index in [0.29, 0.717) is 25.2 Å². The molecule has 1 aliphatic rings. The van der Waals surface area contributed by atoms with E-state index in [4.69, 9.17) is 9.47 Å². The van der Waals surface area contributed by atoms with Crippen LogP contribution in [0.5, 0.6) is 5.75 Å². The number of likely N-dealkylation sites (N-methyl/N-ethyl adjacent to an activating group) is 3. The average Bonchev–Trinajstić information content (AvgIpc) is 3.67. The van der Waals surface area contributed by atoms with Crippen LogP contribution < -0.4 is 15.4 Å². The first kappa shape index (κ1) is 30.5. The van der Waals surface area contributed by atoms with Crippen LogP contribution in [-0.2, 0) is 32.0 Å². The number of hydrogen-bond acceptors (Lipinski definition) is 7. The molecule has 2 heterocycles.